The molecule has 90 valence electrons. The van der Waals surface area contributed by atoms with Gasteiger partial charge in [-0.15, -0.1) is 0 Å². The molecule has 3 heteroatoms. The number of nitriles is 1. The summed E-state index contributed by atoms with van der Waals surface area (Å²) in [6, 6.07) is 18.1. The van der Waals surface area contributed by atoms with E-state index in [1.807, 2.05) is 30.3 Å². The van der Waals surface area contributed by atoms with Crippen LogP contribution in [0.15, 0.2) is 48.5 Å². The van der Waals surface area contributed by atoms with Gasteiger partial charge in [0.1, 0.15) is 11.8 Å². The fraction of sp³-hybridized carbons (Fsp3) is 0.133. The SMILES string of the molecule is N#CCOc1cccc(-c2ccc(CBr)cc2)c1. The summed E-state index contributed by atoms with van der Waals surface area (Å²) in [7, 11) is 0. The molecule has 18 heavy (non-hydrogen) atoms. The van der Waals surface area contributed by atoms with Crippen molar-refractivity contribution in [1.29, 1.82) is 5.26 Å². The van der Waals surface area contributed by atoms with Gasteiger partial charge in [0, 0.05) is 5.33 Å². The molecule has 0 N–H and O–H groups in total. The zero-order valence-electron chi connectivity index (χ0n) is 9.77. The third-order valence-electron chi connectivity index (χ3n) is 2.58. The van der Waals surface area contributed by atoms with E-state index in [9.17, 15) is 0 Å². The van der Waals surface area contributed by atoms with Crippen LogP contribution in [-0.2, 0) is 5.33 Å². The quantitative estimate of drug-likeness (QED) is 0.795. The molecule has 2 nitrogen and oxygen atoms in total. The van der Waals surface area contributed by atoms with Gasteiger partial charge < -0.3 is 4.74 Å². The van der Waals surface area contributed by atoms with Crippen LogP contribution in [0.3, 0.4) is 0 Å². The van der Waals surface area contributed by atoms with Gasteiger partial charge in [-0.2, -0.15) is 5.26 Å². The van der Waals surface area contributed by atoms with E-state index in [1.54, 1.807) is 0 Å². The van der Waals surface area contributed by atoms with E-state index in [-0.39, 0.29) is 6.61 Å². The van der Waals surface area contributed by atoms with Crippen LogP contribution in [0.2, 0.25) is 0 Å². The Hall–Kier alpha value is -1.79. The first-order chi connectivity index (χ1) is 8.83. The highest BCUT2D eigenvalue weighted by molar-refractivity contribution is 9.08. The minimum absolute atomic E-state index is 0.0754. The summed E-state index contributed by atoms with van der Waals surface area (Å²) in [5.41, 5.74) is 3.48. The topological polar surface area (TPSA) is 33.0 Å². The summed E-state index contributed by atoms with van der Waals surface area (Å²) < 4.78 is 5.29. The summed E-state index contributed by atoms with van der Waals surface area (Å²) >= 11 is 3.43. The summed E-state index contributed by atoms with van der Waals surface area (Å²) in [6.45, 7) is 0.0754. The second-order valence-corrected chi connectivity index (χ2v) is 4.37. The van der Waals surface area contributed by atoms with Crippen LogP contribution < -0.4 is 4.74 Å². The van der Waals surface area contributed by atoms with Gasteiger partial charge in [0.05, 0.1) is 0 Å². The van der Waals surface area contributed by atoms with E-state index in [2.05, 4.69) is 40.2 Å². The van der Waals surface area contributed by atoms with Crippen molar-refractivity contribution < 1.29 is 4.74 Å². The largest absolute Gasteiger partial charge is 0.479 e. The number of ether oxygens (including phenoxy) is 1. The molecule has 0 atom stereocenters. The molecule has 0 spiro atoms. The lowest BCUT2D eigenvalue weighted by Crippen LogP contribution is -1.93. The molecule has 0 fully saturated rings. The van der Waals surface area contributed by atoms with Crippen molar-refractivity contribution in [2.75, 3.05) is 6.61 Å². The Morgan fingerprint density at radius 3 is 2.50 bits per heavy atom. The molecular weight excluding hydrogens is 290 g/mol. The Morgan fingerprint density at radius 2 is 1.83 bits per heavy atom. The highest BCUT2D eigenvalue weighted by Crippen LogP contribution is 2.24. The van der Waals surface area contributed by atoms with Crippen molar-refractivity contribution in [1.82, 2.24) is 0 Å². The first kappa shape index (κ1) is 12.7. The van der Waals surface area contributed by atoms with E-state index < -0.39 is 0 Å². The minimum Gasteiger partial charge on any atom is -0.479 e. The molecule has 0 heterocycles. The number of rotatable bonds is 4. The van der Waals surface area contributed by atoms with Gasteiger partial charge in [0.2, 0.25) is 0 Å². The van der Waals surface area contributed by atoms with Gasteiger partial charge in [0.15, 0.2) is 6.61 Å². The van der Waals surface area contributed by atoms with Gasteiger partial charge >= 0.3 is 0 Å². The van der Waals surface area contributed by atoms with Crippen molar-refractivity contribution in [2.45, 2.75) is 5.33 Å². The maximum absolute atomic E-state index is 8.49. The average molecular weight is 302 g/mol. The Morgan fingerprint density at radius 1 is 1.06 bits per heavy atom. The first-order valence-electron chi connectivity index (χ1n) is 5.58. The van der Waals surface area contributed by atoms with Gasteiger partial charge in [-0.05, 0) is 28.8 Å². The standard InChI is InChI=1S/C15H12BrNO/c16-11-12-4-6-13(7-5-12)14-2-1-3-15(10-14)18-9-8-17/h1-7,10H,9,11H2. The van der Waals surface area contributed by atoms with E-state index >= 15 is 0 Å². The number of hydrogen-bond donors (Lipinski definition) is 0. The Balaban J connectivity index is 2.24. The zero-order chi connectivity index (χ0) is 12.8. The lowest BCUT2D eigenvalue weighted by molar-refractivity contribution is 0.368. The second kappa shape index (κ2) is 6.23. The molecule has 0 aliphatic rings. The molecule has 0 saturated carbocycles. The fourth-order valence-electron chi connectivity index (χ4n) is 1.67. The van der Waals surface area contributed by atoms with E-state index in [1.165, 1.54) is 5.56 Å². The van der Waals surface area contributed by atoms with Crippen molar-refractivity contribution in [3.8, 4) is 22.9 Å². The van der Waals surface area contributed by atoms with Gasteiger partial charge in [-0.25, -0.2) is 0 Å². The predicted molar refractivity (Wildman–Crippen MR) is 75.6 cm³/mol. The Labute approximate surface area is 115 Å². The fourth-order valence-corrected chi connectivity index (χ4v) is 2.04. The monoisotopic (exact) mass is 301 g/mol. The van der Waals surface area contributed by atoms with E-state index in [0.29, 0.717) is 0 Å². The maximum atomic E-state index is 8.49. The van der Waals surface area contributed by atoms with Gasteiger partial charge in [-0.3, -0.25) is 0 Å². The van der Waals surface area contributed by atoms with Crippen molar-refractivity contribution in [2.24, 2.45) is 0 Å². The molecule has 2 aromatic rings. The summed E-state index contributed by atoms with van der Waals surface area (Å²) in [4.78, 5) is 0. The number of nitrogens with zero attached hydrogens (tertiary/aromatic N) is 1. The van der Waals surface area contributed by atoms with Crippen LogP contribution in [0.1, 0.15) is 5.56 Å². The van der Waals surface area contributed by atoms with E-state index in [4.69, 9.17) is 10.00 Å². The smallest absolute Gasteiger partial charge is 0.174 e. The van der Waals surface area contributed by atoms with Crippen molar-refractivity contribution in [3.05, 3.63) is 54.1 Å². The molecule has 0 radical (unpaired) electrons. The lowest BCUT2D eigenvalue weighted by Gasteiger charge is -2.06. The molecule has 0 bridgehead atoms. The van der Waals surface area contributed by atoms with E-state index in [0.717, 1.165) is 22.2 Å². The number of alkyl halides is 1. The summed E-state index contributed by atoms with van der Waals surface area (Å²) in [5, 5.41) is 9.35. The molecule has 0 amide bonds. The molecule has 0 aliphatic heterocycles. The van der Waals surface area contributed by atoms with Crippen molar-refractivity contribution >= 4 is 15.9 Å². The molecule has 0 aromatic heterocycles. The van der Waals surface area contributed by atoms with Crippen LogP contribution in [-0.4, -0.2) is 6.61 Å². The van der Waals surface area contributed by atoms with Crippen LogP contribution in [0.4, 0.5) is 0 Å². The summed E-state index contributed by atoms with van der Waals surface area (Å²) in [5.74, 6) is 0.721. The Kier molecular flexibility index (Phi) is 4.38. The first-order valence-corrected chi connectivity index (χ1v) is 6.70. The Bertz CT molecular complexity index is 557. The molecule has 2 rings (SSSR count). The number of benzene rings is 2. The number of hydrogen-bond acceptors (Lipinski definition) is 2. The third kappa shape index (κ3) is 3.12. The number of halogens is 1. The highest BCUT2D eigenvalue weighted by Gasteiger charge is 2.00. The highest BCUT2D eigenvalue weighted by atomic mass is 79.9. The predicted octanol–water partition coefficient (Wildman–Crippen LogP) is 4.15. The van der Waals surface area contributed by atoms with Gasteiger partial charge in [0.25, 0.3) is 0 Å². The average Bonchev–Trinajstić information content (AvgIpc) is 2.45. The van der Waals surface area contributed by atoms with Crippen LogP contribution in [0, 0.1) is 11.3 Å². The minimum atomic E-state index is 0.0754. The zero-order valence-corrected chi connectivity index (χ0v) is 11.4. The van der Waals surface area contributed by atoms with Gasteiger partial charge in [-0.1, -0.05) is 52.3 Å². The van der Waals surface area contributed by atoms with Crippen LogP contribution in [0.5, 0.6) is 5.75 Å². The molecule has 0 unspecified atom stereocenters. The van der Waals surface area contributed by atoms with Crippen LogP contribution in [0.25, 0.3) is 11.1 Å². The van der Waals surface area contributed by atoms with Crippen molar-refractivity contribution in [3.63, 3.8) is 0 Å². The second-order valence-electron chi connectivity index (χ2n) is 3.81. The molecule has 0 aliphatic carbocycles. The maximum Gasteiger partial charge on any atom is 0.174 e. The molecule has 2 aromatic carbocycles. The molecule has 0 saturated heterocycles. The summed E-state index contributed by atoms with van der Waals surface area (Å²) in [6.07, 6.45) is 0. The van der Waals surface area contributed by atoms with Crippen LogP contribution >= 0.6 is 15.9 Å². The lowest BCUT2D eigenvalue weighted by atomic mass is 10.0. The molecular formula is C15H12BrNO. The normalized spacial score (nSPS) is 9.78. The third-order valence-corrected chi connectivity index (χ3v) is 3.23.